The molecule has 0 saturated heterocycles. The molecule has 0 bridgehead atoms. The highest BCUT2D eigenvalue weighted by molar-refractivity contribution is 6.17. The van der Waals surface area contributed by atoms with Gasteiger partial charge in [0.2, 0.25) is 0 Å². The molecule has 1 unspecified atom stereocenters. The van der Waals surface area contributed by atoms with Crippen molar-refractivity contribution in [3.63, 3.8) is 0 Å². The number of anilines is 1. The molecule has 2 aliphatic rings. The molecule has 2 aliphatic heterocycles. The van der Waals surface area contributed by atoms with E-state index in [1.807, 2.05) is 24.3 Å². The zero-order chi connectivity index (χ0) is 14.6. The van der Waals surface area contributed by atoms with Crippen LogP contribution in [0.1, 0.15) is 38.7 Å². The van der Waals surface area contributed by atoms with E-state index in [2.05, 4.69) is 0 Å². The lowest BCUT2D eigenvalue weighted by Gasteiger charge is -2.31. The summed E-state index contributed by atoms with van der Waals surface area (Å²) in [5, 5.41) is 0. The van der Waals surface area contributed by atoms with E-state index < -0.39 is 0 Å². The monoisotopic (exact) mass is 279 g/mol. The van der Waals surface area contributed by atoms with E-state index in [1.54, 1.807) is 30.2 Å². The lowest BCUT2D eigenvalue weighted by atomic mass is 9.92. The SMILES string of the molecule is COc1ccc2c(c1)C(=O)CC1c3ccccc3C(=O)N21. The lowest BCUT2D eigenvalue weighted by molar-refractivity contribution is 0.0946. The zero-order valence-corrected chi connectivity index (χ0v) is 11.5. The van der Waals surface area contributed by atoms with E-state index in [9.17, 15) is 9.59 Å². The van der Waals surface area contributed by atoms with Crippen molar-refractivity contribution < 1.29 is 14.3 Å². The number of rotatable bonds is 1. The molecule has 1 atom stereocenters. The van der Waals surface area contributed by atoms with Gasteiger partial charge in [-0.3, -0.25) is 14.5 Å². The van der Waals surface area contributed by atoms with Crippen molar-refractivity contribution in [2.24, 2.45) is 0 Å². The number of benzene rings is 2. The standard InChI is InChI=1S/C17H13NO3/c1-21-10-6-7-14-13(8-10)16(19)9-15-11-4-2-3-5-12(11)17(20)18(14)15/h2-8,15H,9H2,1H3. The molecule has 0 radical (unpaired) electrons. The molecule has 21 heavy (non-hydrogen) atoms. The van der Waals surface area contributed by atoms with Gasteiger partial charge >= 0.3 is 0 Å². The Morgan fingerprint density at radius 1 is 1.10 bits per heavy atom. The van der Waals surface area contributed by atoms with Crippen molar-refractivity contribution in [2.45, 2.75) is 12.5 Å². The van der Waals surface area contributed by atoms with Crippen molar-refractivity contribution in [2.75, 3.05) is 12.0 Å². The Labute approximate surface area is 121 Å². The van der Waals surface area contributed by atoms with Crippen LogP contribution in [0.4, 0.5) is 5.69 Å². The van der Waals surface area contributed by atoms with Crippen LogP contribution >= 0.6 is 0 Å². The minimum Gasteiger partial charge on any atom is -0.497 e. The fraction of sp³-hybridized carbons (Fsp3) is 0.176. The van der Waals surface area contributed by atoms with E-state index in [-0.39, 0.29) is 17.7 Å². The van der Waals surface area contributed by atoms with Crippen LogP contribution in [0.5, 0.6) is 5.75 Å². The van der Waals surface area contributed by atoms with Crippen LogP contribution in [-0.2, 0) is 0 Å². The van der Waals surface area contributed by atoms with Crippen LogP contribution in [0.25, 0.3) is 0 Å². The zero-order valence-electron chi connectivity index (χ0n) is 11.5. The third kappa shape index (κ3) is 1.56. The number of nitrogens with zero attached hydrogens (tertiary/aromatic N) is 1. The minimum atomic E-state index is -0.179. The van der Waals surface area contributed by atoms with E-state index in [0.717, 1.165) is 5.56 Å². The van der Waals surface area contributed by atoms with Crippen LogP contribution in [-0.4, -0.2) is 18.8 Å². The second kappa shape index (κ2) is 4.19. The topological polar surface area (TPSA) is 46.6 Å². The number of carbonyl (C=O) groups excluding carboxylic acids is 2. The molecule has 0 N–H and O–H groups in total. The third-order valence-corrected chi connectivity index (χ3v) is 4.22. The molecule has 2 heterocycles. The van der Waals surface area contributed by atoms with E-state index in [1.165, 1.54) is 0 Å². The quantitative estimate of drug-likeness (QED) is 0.806. The molecule has 4 rings (SSSR count). The van der Waals surface area contributed by atoms with Gasteiger partial charge in [0.15, 0.2) is 5.78 Å². The van der Waals surface area contributed by atoms with Crippen LogP contribution in [0.3, 0.4) is 0 Å². The Bertz CT molecular complexity index is 781. The summed E-state index contributed by atoms with van der Waals surface area (Å²) < 4.78 is 5.17. The molecule has 2 aromatic carbocycles. The number of ketones is 1. The second-order valence-electron chi connectivity index (χ2n) is 5.29. The largest absolute Gasteiger partial charge is 0.497 e. The number of amides is 1. The van der Waals surface area contributed by atoms with Gasteiger partial charge in [-0.25, -0.2) is 0 Å². The fourth-order valence-corrected chi connectivity index (χ4v) is 3.23. The van der Waals surface area contributed by atoms with Crippen LogP contribution < -0.4 is 9.64 Å². The Hall–Kier alpha value is -2.62. The molecule has 4 nitrogen and oxygen atoms in total. The lowest BCUT2D eigenvalue weighted by Crippen LogP contribution is -2.34. The molecule has 2 aromatic rings. The Morgan fingerprint density at radius 3 is 2.71 bits per heavy atom. The van der Waals surface area contributed by atoms with Crippen LogP contribution in [0.15, 0.2) is 42.5 Å². The summed E-state index contributed by atoms with van der Waals surface area (Å²) >= 11 is 0. The molecule has 0 spiro atoms. The predicted octanol–water partition coefficient (Wildman–Crippen LogP) is 2.98. The summed E-state index contributed by atoms with van der Waals surface area (Å²) in [6.07, 6.45) is 0.322. The molecule has 0 fully saturated rings. The highest BCUT2D eigenvalue weighted by atomic mass is 16.5. The maximum atomic E-state index is 12.6. The van der Waals surface area contributed by atoms with Gasteiger partial charge in [-0.15, -0.1) is 0 Å². The summed E-state index contributed by atoms with van der Waals surface area (Å²) in [5.74, 6) is 0.647. The normalized spacial score (nSPS) is 19.1. The van der Waals surface area contributed by atoms with Crippen molar-refractivity contribution in [3.8, 4) is 5.75 Å². The fourth-order valence-electron chi connectivity index (χ4n) is 3.23. The minimum absolute atomic E-state index is 0.0329. The molecular weight excluding hydrogens is 266 g/mol. The average Bonchev–Trinajstić information content (AvgIpc) is 2.81. The van der Waals surface area contributed by atoms with Gasteiger partial charge in [-0.05, 0) is 29.8 Å². The maximum absolute atomic E-state index is 12.6. The van der Waals surface area contributed by atoms with Gasteiger partial charge in [-0.2, -0.15) is 0 Å². The molecule has 104 valence electrons. The summed E-state index contributed by atoms with van der Waals surface area (Å²) in [6.45, 7) is 0. The number of ether oxygens (including phenoxy) is 1. The highest BCUT2D eigenvalue weighted by Gasteiger charge is 2.43. The number of carbonyl (C=O) groups is 2. The first-order valence-corrected chi connectivity index (χ1v) is 6.84. The molecule has 4 heteroatoms. The number of hydrogen-bond acceptors (Lipinski definition) is 3. The molecule has 1 amide bonds. The second-order valence-corrected chi connectivity index (χ2v) is 5.29. The molecule has 0 aliphatic carbocycles. The number of methoxy groups -OCH3 is 1. The Morgan fingerprint density at radius 2 is 1.90 bits per heavy atom. The molecular formula is C17H13NO3. The van der Waals surface area contributed by atoms with Crippen molar-refractivity contribution in [1.29, 1.82) is 0 Å². The van der Waals surface area contributed by atoms with Gasteiger partial charge in [0.05, 0.1) is 18.8 Å². The first-order chi connectivity index (χ1) is 10.2. The Balaban J connectivity index is 1.91. The van der Waals surface area contributed by atoms with Crippen LogP contribution in [0.2, 0.25) is 0 Å². The van der Waals surface area contributed by atoms with E-state index in [0.29, 0.717) is 29.0 Å². The van der Waals surface area contributed by atoms with Gasteiger partial charge in [-0.1, -0.05) is 18.2 Å². The van der Waals surface area contributed by atoms with E-state index >= 15 is 0 Å². The van der Waals surface area contributed by atoms with Gasteiger partial charge in [0.25, 0.3) is 5.91 Å². The summed E-state index contributed by atoms with van der Waals surface area (Å²) in [4.78, 5) is 26.8. The third-order valence-electron chi connectivity index (χ3n) is 4.22. The van der Waals surface area contributed by atoms with Crippen molar-refractivity contribution >= 4 is 17.4 Å². The highest BCUT2D eigenvalue weighted by Crippen LogP contribution is 2.45. The summed E-state index contributed by atoms with van der Waals surface area (Å²) in [7, 11) is 1.56. The summed E-state index contributed by atoms with van der Waals surface area (Å²) in [6, 6.07) is 12.6. The smallest absolute Gasteiger partial charge is 0.259 e. The Kier molecular flexibility index (Phi) is 2.42. The number of hydrogen-bond donors (Lipinski definition) is 0. The van der Waals surface area contributed by atoms with Crippen LogP contribution in [0, 0.1) is 0 Å². The van der Waals surface area contributed by atoms with Gasteiger partial charge < -0.3 is 4.74 Å². The van der Waals surface area contributed by atoms with E-state index in [4.69, 9.17) is 4.74 Å². The number of Topliss-reactive ketones (excluding diaryl/α,β-unsaturated/α-hetero) is 1. The van der Waals surface area contributed by atoms with Crippen molar-refractivity contribution in [1.82, 2.24) is 0 Å². The van der Waals surface area contributed by atoms with Gasteiger partial charge in [0, 0.05) is 17.5 Å². The van der Waals surface area contributed by atoms with Crippen molar-refractivity contribution in [3.05, 3.63) is 59.2 Å². The molecule has 0 saturated carbocycles. The first kappa shape index (κ1) is 12.1. The predicted molar refractivity (Wildman–Crippen MR) is 77.9 cm³/mol. The number of fused-ring (bicyclic) bond motifs is 5. The van der Waals surface area contributed by atoms with Gasteiger partial charge in [0.1, 0.15) is 5.75 Å². The first-order valence-electron chi connectivity index (χ1n) is 6.84. The maximum Gasteiger partial charge on any atom is 0.259 e. The summed E-state index contributed by atoms with van der Waals surface area (Å²) in [5.41, 5.74) is 2.88. The average molecular weight is 279 g/mol. The molecule has 0 aromatic heterocycles.